The third-order valence-corrected chi connectivity index (χ3v) is 5.91. The van der Waals surface area contributed by atoms with Crippen molar-refractivity contribution in [3.05, 3.63) is 24.3 Å². The maximum absolute atomic E-state index is 12.6. The second-order valence-corrected chi connectivity index (χ2v) is 7.95. The molecule has 27 heavy (non-hydrogen) atoms. The normalized spacial score (nSPS) is 21.5. The second-order valence-electron chi connectivity index (χ2n) is 7.95. The Bertz CT molecular complexity index is 720. The Morgan fingerprint density at radius 2 is 2.07 bits per heavy atom. The zero-order valence-electron chi connectivity index (χ0n) is 16.1. The molecular weight excluding hydrogens is 340 g/mol. The lowest BCUT2D eigenvalue weighted by atomic mass is 9.97. The molecule has 0 spiro atoms. The number of quaternary nitrogens is 1. The average molecular weight is 372 g/mol. The van der Waals surface area contributed by atoms with E-state index in [1.165, 1.54) is 38.9 Å². The molecule has 2 aromatic rings. The number of benzene rings is 1. The van der Waals surface area contributed by atoms with Gasteiger partial charge in [-0.3, -0.25) is 4.79 Å². The molecule has 2 aliphatic rings. The molecule has 146 valence electrons. The van der Waals surface area contributed by atoms with Gasteiger partial charge in [-0.2, -0.15) is 4.98 Å². The lowest BCUT2D eigenvalue weighted by Crippen LogP contribution is -3.12. The largest absolute Gasteiger partial charge is 0.423 e. The Balaban J connectivity index is 1.25. The molecule has 6 nitrogen and oxygen atoms in total. The molecule has 2 fully saturated rings. The first-order valence-electron chi connectivity index (χ1n) is 10.5. The van der Waals surface area contributed by atoms with E-state index in [-0.39, 0.29) is 11.8 Å². The monoisotopic (exact) mass is 371 g/mol. The van der Waals surface area contributed by atoms with E-state index >= 15 is 0 Å². The van der Waals surface area contributed by atoms with Gasteiger partial charge in [0.05, 0.1) is 25.6 Å². The van der Waals surface area contributed by atoms with Gasteiger partial charge in [0.15, 0.2) is 5.58 Å². The van der Waals surface area contributed by atoms with Crippen LogP contribution in [0.15, 0.2) is 28.7 Å². The standard InChI is InChI=1S/C21H30N4O2/c26-20(22-11-7-14-24-12-4-1-5-13-24)17-8-6-15-25(16-17)21-23-18-9-2-3-10-19(18)27-21/h2-3,9-10,17H,1,4-8,11-16H2,(H,22,26)/p+1. The summed E-state index contributed by atoms with van der Waals surface area (Å²) in [6, 6.07) is 8.45. The third-order valence-electron chi connectivity index (χ3n) is 5.91. The van der Waals surface area contributed by atoms with Crippen molar-refractivity contribution in [2.75, 3.05) is 44.2 Å². The first-order valence-corrected chi connectivity index (χ1v) is 10.5. The summed E-state index contributed by atoms with van der Waals surface area (Å²) in [7, 11) is 0. The fourth-order valence-corrected chi connectivity index (χ4v) is 4.36. The quantitative estimate of drug-likeness (QED) is 0.758. The van der Waals surface area contributed by atoms with E-state index in [1.54, 1.807) is 4.90 Å². The number of nitrogens with zero attached hydrogens (tertiary/aromatic N) is 2. The van der Waals surface area contributed by atoms with Gasteiger partial charge in [0, 0.05) is 26.1 Å². The molecule has 2 N–H and O–H groups in total. The number of rotatable bonds is 6. The highest BCUT2D eigenvalue weighted by molar-refractivity contribution is 5.79. The topological polar surface area (TPSA) is 62.8 Å². The first-order chi connectivity index (χ1) is 13.3. The van der Waals surface area contributed by atoms with Crippen LogP contribution in [0.4, 0.5) is 6.01 Å². The minimum Gasteiger partial charge on any atom is -0.423 e. The lowest BCUT2D eigenvalue weighted by Gasteiger charge is -2.30. The number of piperidine rings is 2. The van der Waals surface area contributed by atoms with Gasteiger partial charge in [-0.05, 0) is 44.2 Å². The zero-order valence-corrected chi connectivity index (χ0v) is 16.1. The SMILES string of the molecule is O=C(NCCC[NH+]1CCCCC1)C1CCCN(c2nc3ccccc3o2)C1. The summed E-state index contributed by atoms with van der Waals surface area (Å²) >= 11 is 0. The van der Waals surface area contributed by atoms with Crippen molar-refractivity contribution in [2.24, 2.45) is 5.92 Å². The van der Waals surface area contributed by atoms with Gasteiger partial charge in [-0.25, -0.2) is 0 Å². The fraction of sp³-hybridized carbons (Fsp3) is 0.619. The van der Waals surface area contributed by atoms with Gasteiger partial charge >= 0.3 is 0 Å². The number of likely N-dealkylation sites (tertiary alicyclic amines) is 1. The van der Waals surface area contributed by atoms with Crippen LogP contribution in [0.3, 0.4) is 0 Å². The van der Waals surface area contributed by atoms with Crippen molar-refractivity contribution in [3.8, 4) is 0 Å². The lowest BCUT2D eigenvalue weighted by molar-refractivity contribution is -0.904. The summed E-state index contributed by atoms with van der Waals surface area (Å²) in [5.41, 5.74) is 1.68. The third kappa shape index (κ3) is 4.61. The number of nitrogens with one attached hydrogen (secondary N) is 2. The van der Waals surface area contributed by atoms with E-state index < -0.39 is 0 Å². The highest BCUT2D eigenvalue weighted by Gasteiger charge is 2.28. The minimum atomic E-state index is 0.0242. The second kappa shape index (κ2) is 8.74. The summed E-state index contributed by atoms with van der Waals surface area (Å²) in [6.07, 6.45) is 7.11. The highest BCUT2D eigenvalue weighted by Crippen LogP contribution is 2.26. The molecule has 0 aliphatic carbocycles. The van der Waals surface area contributed by atoms with E-state index in [4.69, 9.17) is 4.42 Å². The summed E-state index contributed by atoms with van der Waals surface area (Å²) < 4.78 is 5.88. The number of aromatic nitrogens is 1. The van der Waals surface area contributed by atoms with Crippen LogP contribution in [0, 0.1) is 5.92 Å². The van der Waals surface area contributed by atoms with Gasteiger partial charge in [0.2, 0.25) is 5.91 Å². The van der Waals surface area contributed by atoms with Gasteiger partial charge < -0.3 is 19.5 Å². The van der Waals surface area contributed by atoms with Crippen LogP contribution in [0.25, 0.3) is 11.1 Å². The highest BCUT2D eigenvalue weighted by atomic mass is 16.4. The fourth-order valence-electron chi connectivity index (χ4n) is 4.36. The summed E-state index contributed by atoms with van der Waals surface area (Å²) in [5, 5.41) is 3.16. The number of carbonyl (C=O) groups excluding carboxylic acids is 1. The van der Waals surface area contributed by atoms with Gasteiger partial charge in [-0.15, -0.1) is 0 Å². The van der Waals surface area contributed by atoms with Crippen molar-refractivity contribution < 1.29 is 14.1 Å². The van der Waals surface area contributed by atoms with Gasteiger partial charge in [0.1, 0.15) is 5.52 Å². The number of carbonyl (C=O) groups is 1. The average Bonchev–Trinajstić information content (AvgIpc) is 3.16. The van der Waals surface area contributed by atoms with Crippen LogP contribution < -0.4 is 15.1 Å². The number of fused-ring (bicyclic) bond motifs is 1. The van der Waals surface area contributed by atoms with Gasteiger partial charge in [-0.1, -0.05) is 12.1 Å². The smallest absolute Gasteiger partial charge is 0.298 e. The zero-order chi connectivity index (χ0) is 18.5. The number of amides is 1. The predicted molar refractivity (Wildman–Crippen MR) is 106 cm³/mol. The molecule has 4 rings (SSSR count). The van der Waals surface area contributed by atoms with Crippen LogP contribution in [0.5, 0.6) is 0 Å². The number of oxazole rings is 1. The summed E-state index contributed by atoms with van der Waals surface area (Å²) in [5.74, 6) is 0.209. The molecule has 2 saturated heterocycles. The molecule has 6 heteroatoms. The van der Waals surface area contributed by atoms with E-state index in [0.29, 0.717) is 12.6 Å². The molecule has 1 amide bonds. The molecule has 1 aromatic carbocycles. The van der Waals surface area contributed by atoms with E-state index in [9.17, 15) is 4.79 Å². The Morgan fingerprint density at radius 3 is 2.93 bits per heavy atom. The molecule has 1 unspecified atom stereocenters. The van der Waals surface area contributed by atoms with Crippen molar-refractivity contribution in [1.82, 2.24) is 10.3 Å². The molecule has 1 atom stereocenters. The maximum Gasteiger partial charge on any atom is 0.298 e. The number of para-hydroxylation sites is 2. The van der Waals surface area contributed by atoms with E-state index in [2.05, 4.69) is 15.2 Å². The van der Waals surface area contributed by atoms with Crippen LogP contribution >= 0.6 is 0 Å². The van der Waals surface area contributed by atoms with Crippen LogP contribution in [-0.2, 0) is 4.79 Å². The minimum absolute atomic E-state index is 0.0242. The molecule has 3 heterocycles. The molecular formula is C21H31N4O2+. The Hall–Kier alpha value is -2.08. The van der Waals surface area contributed by atoms with Crippen molar-refractivity contribution >= 4 is 23.0 Å². The van der Waals surface area contributed by atoms with E-state index in [0.717, 1.165) is 43.5 Å². The number of hydrogen-bond acceptors (Lipinski definition) is 4. The molecule has 2 aliphatic heterocycles. The molecule has 0 saturated carbocycles. The Kier molecular flexibility index (Phi) is 5.92. The molecule has 0 bridgehead atoms. The Morgan fingerprint density at radius 1 is 1.22 bits per heavy atom. The van der Waals surface area contributed by atoms with Crippen LogP contribution in [0.2, 0.25) is 0 Å². The van der Waals surface area contributed by atoms with Crippen molar-refractivity contribution in [2.45, 2.75) is 38.5 Å². The maximum atomic E-state index is 12.6. The number of anilines is 1. The van der Waals surface area contributed by atoms with Crippen molar-refractivity contribution in [1.29, 1.82) is 0 Å². The Labute approximate surface area is 160 Å². The van der Waals surface area contributed by atoms with E-state index in [1.807, 2.05) is 24.3 Å². The predicted octanol–water partition coefficient (Wildman–Crippen LogP) is 1.62. The van der Waals surface area contributed by atoms with Crippen LogP contribution in [0.1, 0.15) is 38.5 Å². The van der Waals surface area contributed by atoms with Crippen molar-refractivity contribution in [3.63, 3.8) is 0 Å². The first kappa shape index (κ1) is 18.3. The van der Waals surface area contributed by atoms with Crippen LogP contribution in [-0.4, -0.2) is 50.2 Å². The summed E-state index contributed by atoms with van der Waals surface area (Å²) in [6.45, 7) is 6.17. The molecule has 1 aromatic heterocycles. The summed E-state index contributed by atoms with van der Waals surface area (Å²) in [4.78, 5) is 21.0. The van der Waals surface area contributed by atoms with Gasteiger partial charge in [0.25, 0.3) is 6.01 Å². The molecule has 0 radical (unpaired) electrons. The number of hydrogen-bond donors (Lipinski definition) is 2.